The van der Waals surface area contributed by atoms with E-state index in [4.69, 9.17) is 16.3 Å². The van der Waals surface area contributed by atoms with E-state index in [2.05, 4.69) is 15.0 Å². The van der Waals surface area contributed by atoms with E-state index in [1.54, 1.807) is 37.5 Å². The number of imidazole rings is 1. The Morgan fingerprint density at radius 2 is 2.36 bits per heavy atom. The van der Waals surface area contributed by atoms with Crippen LogP contribution in [-0.2, 0) is 6.54 Å². The van der Waals surface area contributed by atoms with Crippen molar-refractivity contribution in [2.75, 3.05) is 20.7 Å². The molecule has 0 unspecified atom stereocenters. The number of pyridine rings is 1. The highest BCUT2D eigenvalue weighted by molar-refractivity contribution is 6.29. The lowest BCUT2D eigenvalue weighted by molar-refractivity contribution is 0.0998. The fourth-order valence-electron chi connectivity index (χ4n) is 2.09. The van der Waals surface area contributed by atoms with Gasteiger partial charge in [-0.2, -0.15) is 4.99 Å². The van der Waals surface area contributed by atoms with Crippen molar-refractivity contribution < 1.29 is 9.53 Å². The summed E-state index contributed by atoms with van der Waals surface area (Å²) in [6.45, 7) is 1.05. The first kappa shape index (κ1) is 14.5. The molecule has 1 amide bonds. The Labute approximate surface area is 132 Å². The molecular weight excluding hydrogens is 306 g/mol. The first-order valence-electron chi connectivity index (χ1n) is 6.65. The molecule has 2 aromatic heterocycles. The molecule has 0 spiro atoms. The van der Waals surface area contributed by atoms with E-state index >= 15 is 0 Å². The number of nitrogens with zero attached hydrogens (tertiary/aromatic N) is 5. The first-order chi connectivity index (χ1) is 10.5. The number of aliphatic imine (C=N–C) groups is 1. The third-order valence-corrected chi connectivity index (χ3v) is 3.27. The Balaban J connectivity index is 2.01. The smallest absolute Gasteiger partial charge is 0.298 e. The van der Waals surface area contributed by atoms with Crippen LogP contribution in [0, 0.1) is 0 Å². The molecule has 7 nitrogen and oxygen atoms in total. The summed E-state index contributed by atoms with van der Waals surface area (Å²) < 4.78 is 7.50. The Morgan fingerprint density at radius 1 is 1.55 bits per heavy atom. The molecule has 2 aromatic rings. The number of aromatic nitrogens is 3. The van der Waals surface area contributed by atoms with E-state index in [0.717, 1.165) is 0 Å². The number of ether oxygens (including phenoxy) is 1. The molecule has 0 N–H and O–H groups in total. The van der Waals surface area contributed by atoms with Crippen LogP contribution < -0.4 is 4.74 Å². The van der Waals surface area contributed by atoms with Crippen LogP contribution >= 0.6 is 11.6 Å². The van der Waals surface area contributed by atoms with Crippen molar-refractivity contribution in [2.24, 2.45) is 4.99 Å². The van der Waals surface area contributed by atoms with Gasteiger partial charge in [-0.3, -0.25) is 4.79 Å². The highest BCUT2D eigenvalue weighted by Gasteiger charge is 2.21. The van der Waals surface area contributed by atoms with Crippen molar-refractivity contribution in [1.82, 2.24) is 19.4 Å². The quantitative estimate of drug-likeness (QED) is 0.479. The summed E-state index contributed by atoms with van der Waals surface area (Å²) >= 11 is 5.89. The third-order valence-electron chi connectivity index (χ3n) is 3.06. The molecule has 114 valence electrons. The van der Waals surface area contributed by atoms with Gasteiger partial charge in [-0.05, 0) is 0 Å². The van der Waals surface area contributed by atoms with Gasteiger partial charge in [0.2, 0.25) is 0 Å². The molecule has 3 rings (SSSR count). The molecule has 0 saturated heterocycles. The van der Waals surface area contributed by atoms with E-state index in [1.165, 1.54) is 6.34 Å². The maximum absolute atomic E-state index is 12.1. The SMILES string of the molecule is CN(C)/C=N\C(=O)c1cn2c(n1)-c1cnc(Cl)cc1OCC2. The molecular formula is C14H14ClN5O2. The minimum atomic E-state index is -0.390. The molecule has 0 aromatic carbocycles. The van der Waals surface area contributed by atoms with Gasteiger partial charge in [-0.25, -0.2) is 9.97 Å². The normalized spacial score (nSPS) is 13.2. The number of halogens is 1. The number of carbonyl (C=O) groups is 1. The summed E-state index contributed by atoms with van der Waals surface area (Å²) in [6, 6.07) is 1.65. The molecule has 0 aliphatic carbocycles. The van der Waals surface area contributed by atoms with Gasteiger partial charge >= 0.3 is 0 Å². The standard InChI is InChI=1S/C14H14ClN5O2/c1-19(2)8-17-14(21)10-7-20-3-4-22-11-5-12(15)16-6-9(11)13(20)18-10/h5-8H,3-4H2,1-2H3/b17-8-. The zero-order valence-electron chi connectivity index (χ0n) is 12.2. The monoisotopic (exact) mass is 319 g/mol. The second-order valence-electron chi connectivity index (χ2n) is 5.01. The van der Waals surface area contributed by atoms with Crippen LogP contribution in [0.5, 0.6) is 5.75 Å². The Morgan fingerprint density at radius 3 is 3.14 bits per heavy atom. The number of rotatable bonds is 2. The first-order valence-corrected chi connectivity index (χ1v) is 7.03. The van der Waals surface area contributed by atoms with Crippen molar-refractivity contribution in [2.45, 2.75) is 6.54 Å². The lowest BCUT2D eigenvalue weighted by Crippen LogP contribution is -2.10. The van der Waals surface area contributed by atoms with E-state index < -0.39 is 5.91 Å². The Kier molecular flexibility index (Phi) is 3.81. The van der Waals surface area contributed by atoms with Crippen molar-refractivity contribution in [3.8, 4) is 17.1 Å². The molecule has 0 fully saturated rings. The van der Waals surface area contributed by atoms with Crippen LogP contribution in [-0.4, -0.2) is 52.4 Å². The number of carbonyl (C=O) groups excluding carboxylic acids is 1. The molecule has 0 bridgehead atoms. The van der Waals surface area contributed by atoms with E-state index in [1.807, 2.05) is 4.57 Å². The van der Waals surface area contributed by atoms with Gasteiger partial charge in [-0.1, -0.05) is 11.6 Å². The van der Waals surface area contributed by atoms with Gasteiger partial charge in [0.05, 0.1) is 18.4 Å². The number of hydrogen-bond acceptors (Lipinski definition) is 4. The number of amides is 1. The lowest BCUT2D eigenvalue weighted by atomic mass is 10.2. The topological polar surface area (TPSA) is 72.6 Å². The van der Waals surface area contributed by atoms with Crippen LogP contribution in [0.2, 0.25) is 5.15 Å². The predicted octanol–water partition coefficient (Wildman–Crippen LogP) is 1.72. The zero-order chi connectivity index (χ0) is 15.7. The molecule has 0 saturated carbocycles. The summed E-state index contributed by atoms with van der Waals surface area (Å²) in [4.78, 5) is 26.0. The molecule has 1 aliphatic rings. The fraction of sp³-hybridized carbons (Fsp3) is 0.286. The van der Waals surface area contributed by atoms with E-state index in [0.29, 0.717) is 35.4 Å². The lowest BCUT2D eigenvalue weighted by Gasteiger charge is -2.05. The fourth-order valence-corrected chi connectivity index (χ4v) is 2.24. The zero-order valence-corrected chi connectivity index (χ0v) is 12.9. The summed E-state index contributed by atoms with van der Waals surface area (Å²) in [5.41, 5.74) is 0.994. The van der Waals surface area contributed by atoms with Crippen molar-refractivity contribution >= 4 is 23.8 Å². The average molecular weight is 320 g/mol. The highest BCUT2D eigenvalue weighted by Crippen LogP contribution is 2.32. The summed E-state index contributed by atoms with van der Waals surface area (Å²) in [6.07, 6.45) is 4.72. The maximum atomic E-state index is 12.1. The second-order valence-corrected chi connectivity index (χ2v) is 5.40. The third kappa shape index (κ3) is 2.80. The van der Waals surface area contributed by atoms with Gasteiger partial charge < -0.3 is 14.2 Å². The largest absolute Gasteiger partial charge is 0.491 e. The molecule has 0 radical (unpaired) electrons. The van der Waals surface area contributed by atoms with Gasteiger partial charge in [0.25, 0.3) is 5.91 Å². The average Bonchev–Trinajstić information content (AvgIpc) is 2.82. The summed E-state index contributed by atoms with van der Waals surface area (Å²) in [5.74, 6) is 0.846. The van der Waals surface area contributed by atoms with Crippen LogP contribution in [0.4, 0.5) is 0 Å². The number of fused-ring (bicyclic) bond motifs is 3. The maximum Gasteiger partial charge on any atom is 0.298 e. The van der Waals surface area contributed by atoms with Crippen LogP contribution in [0.25, 0.3) is 11.4 Å². The number of hydrogen-bond donors (Lipinski definition) is 0. The van der Waals surface area contributed by atoms with Gasteiger partial charge in [0, 0.05) is 32.6 Å². The summed E-state index contributed by atoms with van der Waals surface area (Å²) in [7, 11) is 3.59. The van der Waals surface area contributed by atoms with E-state index in [9.17, 15) is 4.79 Å². The van der Waals surface area contributed by atoms with Crippen LogP contribution in [0.1, 0.15) is 10.5 Å². The molecule has 1 aliphatic heterocycles. The minimum Gasteiger partial charge on any atom is -0.491 e. The summed E-state index contributed by atoms with van der Waals surface area (Å²) in [5, 5.41) is 0.352. The van der Waals surface area contributed by atoms with Crippen molar-refractivity contribution in [3.63, 3.8) is 0 Å². The van der Waals surface area contributed by atoms with Crippen molar-refractivity contribution in [3.05, 3.63) is 29.3 Å². The van der Waals surface area contributed by atoms with Gasteiger partial charge in [0.1, 0.15) is 29.0 Å². The Bertz CT molecular complexity index is 754. The minimum absolute atomic E-state index is 0.288. The van der Waals surface area contributed by atoms with Crippen LogP contribution in [0.3, 0.4) is 0 Å². The second kappa shape index (κ2) is 5.76. The molecule has 22 heavy (non-hydrogen) atoms. The van der Waals surface area contributed by atoms with Crippen LogP contribution in [0.15, 0.2) is 23.5 Å². The Hall–Kier alpha value is -2.41. The molecule has 8 heteroatoms. The molecule has 3 heterocycles. The highest BCUT2D eigenvalue weighted by atomic mass is 35.5. The van der Waals surface area contributed by atoms with Gasteiger partial charge in [-0.15, -0.1) is 0 Å². The predicted molar refractivity (Wildman–Crippen MR) is 82.5 cm³/mol. The van der Waals surface area contributed by atoms with Crippen molar-refractivity contribution in [1.29, 1.82) is 0 Å². The van der Waals surface area contributed by atoms with Gasteiger partial charge in [0.15, 0.2) is 0 Å². The molecule has 0 atom stereocenters. The van der Waals surface area contributed by atoms with E-state index in [-0.39, 0.29) is 5.69 Å².